The molecule has 166 valence electrons. The van der Waals surface area contributed by atoms with Gasteiger partial charge in [0.05, 0.1) is 18.5 Å². The van der Waals surface area contributed by atoms with Crippen molar-refractivity contribution in [2.24, 2.45) is 5.10 Å². The summed E-state index contributed by atoms with van der Waals surface area (Å²) in [4.78, 5) is 12.3. The molecule has 0 saturated heterocycles. The molecule has 1 N–H and O–H groups in total. The van der Waals surface area contributed by atoms with Crippen molar-refractivity contribution in [3.05, 3.63) is 107 Å². The fourth-order valence-electron chi connectivity index (χ4n) is 3.60. The van der Waals surface area contributed by atoms with E-state index in [1.165, 1.54) is 5.56 Å². The SMILES string of the molecule is Cc1nn(Cc2ccccc2)c(C)c1C=NNC(=O)COc1ccccc1-c1ccccc1. The minimum absolute atomic E-state index is 0.133. The van der Waals surface area contributed by atoms with Crippen LogP contribution in [0.5, 0.6) is 5.75 Å². The number of carbonyl (C=O) groups is 1. The van der Waals surface area contributed by atoms with Crippen LogP contribution in [0.3, 0.4) is 0 Å². The van der Waals surface area contributed by atoms with Crippen LogP contribution in [0.2, 0.25) is 0 Å². The monoisotopic (exact) mass is 438 g/mol. The van der Waals surface area contributed by atoms with Gasteiger partial charge in [0.1, 0.15) is 5.75 Å². The lowest BCUT2D eigenvalue weighted by Crippen LogP contribution is -2.24. The molecule has 0 aliphatic heterocycles. The summed E-state index contributed by atoms with van der Waals surface area (Å²) in [5, 5.41) is 8.72. The second-order valence-corrected chi connectivity index (χ2v) is 7.67. The molecule has 0 atom stereocenters. The van der Waals surface area contributed by atoms with Gasteiger partial charge in [-0.3, -0.25) is 9.48 Å². The topological polar surface area (TPSA) is 68.5 Å². The number of rotatable bonds is 8. The van der Waals surface area contributed by atoms with Gasteiger partial charge in [-0.2, -0.15) is 10.2 Å². The number of carbonyl (C=O) groups excluding carboxylic acids is 1. The van der Waals surface area contributed by atoms with Crippen LogP contribution in [-0.4, -0.2) is 28.5 Å². The van der Waals surface area contributed by atoms with E-state index in [2.05, 4.69) is 27.8 Å². The Kier molecular flexibility index (Phi) is 6.95. The van der Waals surface area contributed by atoms with Gasteiger partial charge in [0.2, 0.25) is 0 Å². The molecule has 1 aromatic heterocycles. The first kappa shape index (κ1) is 22.0. The van der Waals surface area contributed by atoms with Crippen LogP contribution in [0, 0.1) is 13.8 Å². The molecule has 6 nitrogen and oxygen atoms in total. The van der Waals surface area contributed by atoms with E-state index in [-0.39, 0.29) is 12.5 Å². The van der Waals surface area contributed by atoms with E-state index in [4.69, 9.17) is 4.74 Å². The maximum absolute atomic E-state index is 12.3. The highest BCUT2D eigenvalue weighted by atomic mass is 16.5. The highest BCUT2D eigenvalue weighted by Gasteiger charge is 2.11. The molecule has 1 heterocycles. The Morgan fingerprint density at radius 1 is 0.970 bits per heavy atom. The maximum Gasteiger partial charge on any atom is 0.277 e. The summed E-state index contributed by atoms with van der Waals surface area (Å²) in [6.07, 6.45) is 1.63. The molecular weight excluding hydrogens is 412 g/mol. The molecule has 0 saturated carbocycles. The third-order valence-electron chi connectivity index (χ3n) is 5.33. The molecule has 0 spiro atoms. The molecule has 6 heteroatoms. The summed E-state index contributed by atoms with van der Waals surface area (Å²) in [6, 6.07) is 27.7. The number of hydrazone groups is 1. The second kappa shape index (κ2) is 10.4. The molecular formula is C27H26N4O2. The van der Waals surface area contributed by atoms with Crippen LogP contribution in [0.25, 0.3) is 11.1 Å². The zero-order valence-electron chi connectivity index (χ0n) is 18.7. The van der Waals surface area contributed by atoms with Crippen molar-refractivity contribution in [1.29, 1.82) is 0 Å². The van der Waals surface area contributed by atoms with Gasteiger partial charge in [-0.15, -0.1) is 0 Å². The molecule has 33 heavy (non-hydrogen) atoms. The largest absolute Gasteiger partial charge is 0.483 e. The lowest BCUT2D eigenvalue weighted by Gasteiger charge is -2.10. The van der Waals surface area contributed by atoms with Crippen molar-refractivity contribution in [2.45, 2.75) is 20.4 Å². The first-order valence-electron chi connectivity index (χ1n) is 10.8. The number of para-hydroxylation sites is 1. The average Bonchev–Trinajstić information content (AvgIpc) is 3.11. The van der Waals surface area contributed by atoms with Gasteiger partial charge in [0, 0.05) is 16.8 Å². The number of aryl methyl sites for hydroxylation is 1. The molecule has 0 radical (unpaired) electrons. The van der Waals surface area contributed by atoms with E-state index in [1.807, 2.05) is 91.3 Å². The van der Waals surface area contributed by atoms with E-state index in [9.17, 15) is 4.79 Å². The molecule has 0 unspecified atom stereocenters. The van der Waals surface area contributed by atoms with Gasteiger partial charge in [-0.1, -0.05) is 78.9 Å². The number of nitrogens with zero attached hydrogens (tertiary/aromatic N) is 3. The zero-order chi connectivity index (χ0) is 23.0. The normalized spacial score (nSPS) is 11.0. The van der Waals surface area contributed by atoms with Crippen LogP contribution >= 0.6 is 0 Å². The molecule has 0 aliphatic rings. The van der Waals surface area contributed by atoms with Crippen molar-refractivity contribution in [3.8, 4) is 16.9 Å². The minimum atomic E-state index is -0.332. The number of aromatic nitrogens is 2. The highest BCUT2D eigenvalue weighted by Crippen LogP contribution is 2.29. The summed E-state index contributed by atoms with van der Waals surface area (Å²) in [6.45, 7) is 4.48. The van der Waals surface area contributed by atoms with Crippen LogP contribution in [0.1, 0.15) is 22.5 Å². The van der Waals surface area contributed by atoms with Gasteiger partial charge in [0.15, 0.2) is 6.61 Å². The van der Waals surface area contributed by atoms with Crippen molar-refractivity contribution in [2.75, 3.05) is 6.61 Å². The first-order chi connectivity index (χ1) is 16.1. The van der Waals surface area contributed by atoms with Crippen molar-refractivity contribution >= 4 is 12.1 Å². The number of benzene rings is 3. The second-order valence-electron chi connectivity index (χ2n) is 7.67. The molecule has 4 aromatic rings. The number of nitrogens with one attached hydrogen (secondary N) is 1. The van der Waals surface area contributed by atoms with E-state index in [1.54, 1.807) is 6.21 Å². The van der Waals surface area contributed by atoms with Crippen molar-refractivity contribution in [1.82, 2.24) is 15.2 Å². The third-order valence-corrected chi connectivity index (χ3v) is 5.33. The number of hydrogen-bond acceptors (Lipinski definition) is 4. The van der Waals surface area contributed by atoms with Gasteiger partial charge in [-0.05, 0) is 31.0 Å². The van der Waals surface area contributed by atoms with Gasteiger partial charge in [-0.25, -0.2) is 5.43 Å². The smallest absolute Gasteiger partial charge is 0.277 e. The van der Waals surface area contributed by atoms with E-state index in [0.717, 1.165) is 28.1 Å². The Bertz CT molecular complexity index is 1250. The Morgan fingerprint density at radius 3 is 2.39 bits per heavy atom. The van der Waals surface area contributed by atoms with Crippen LogP contribution < -0.4 is 10.2 Å². The van der Waals surface area contributed by atoms with Crippen LogP contribution in [0.4, 0.5) is 0 Å². The lowest BCUT2D eigenvalue weighted by atomic mass is 10.1. The maximum atomic E-state index is 12.3. The Morgan fingerprint density at radius 2 is 1.64 bits per heavy atom. The number of hydrogen-bond donors (Lipinski definition) is 1. The van der Waals surface area contributed by atoms with Gasteiger partial charge < -0.3 is 4.74 Å². The Balaban J connectivity index is 1.36. The summed E-state index contributed by atoms with van der Waals surface area (Å²) < 4.78 is 7.71. The molecule has 1 amide bonds. The van der Waals surface area contributed by atoms with E-state index < -0.39 is 0 Å². The van der Waals surface area contributed by atoms with Crippen molar-refractivity contribution < 1.29 is 9.53 Å². The fraction of sp³-hybridized carbons (Fsp3) is 0.148. The summed E-state index contributed by atoms with van der Waals surface area (Å²) >= 11 is 0. The predicted octanol–water partition coefficient (Wildman–Crippen LogP) is 4.74. The van der Waals surface area contributed by atoms with Crippen molar-refractivity contribution in [3.63, 3.8) is 0 Å². The van der Waals surface area contributed by atoms with Crippen LogP contribution in [0.15, 0.2) is 90.0 Å². The average molecular weight is 439 g/mol. The molecule has 4 rings (SSSR count). The van der Waals surface area contributed by atoms with Crippen LogP contribution in [-0.2, 0) is 11.3 Å². The fourth-order valence-corrected chi connectivity index (χ4v) is 3.60. The summed E-state index contributed by atoms with van der Waals surface area (Å²) in [7, 11) is 0. The van der Waals surface area contributed by atoms with E-state index in [0.29, 0.717) is 12.3 Å². The quantitative estimate of drug-likeness (QED) is 0.319. The first-order valence-corrected chi connectivity index (χ1v) is 10.8. The number of amides is 1. The van der Waals surface area contributed by atoms with Gasteiger partial charge in [0.25, 0.3) is 5.91 Å². The predicted molar refractivity (Wildman–Crippen MR) is 130 cm³/mol. The van der Waals surface area contributed by atoms with E-state index >= 15 is 0 Å². The summed E-state index contributed by atoms with van der Waals surface area (Å²) in [5.74, 6) is 0.317. The molecule has 3 aromatic carbocycles. The highest BCUT2D eigenvalue weighted by molar-refractivity contribution is 5.85. The number of ether oxygens (including phenoxy) is 1. The summed E-state index contributed by atoms with van der Waals surface area (Å²) in [5.41, 5.74) is 8.42. The Labute approximate surface area is 193 Å². The third kappa shape index (κ3) is 5.54. The standard InChI is InChI=1S/C27H26N4O2/c1-20-25(21(2)31(30-20)18-22-11-5-3-6-12-22)17-28-29-27(32)19-33-26-16-10-9-15-24(26)23-13-7-4-8-14-23/h3-17H,18-19H2,1-2H3,(H,29,32). The molecule has 0 bridgehead atoms. The van der Waals surface area contributed by atoms with Gasteiger partial charge >= 0.3 is 0 Å². The molecule has 0 fully saturated rings. The lowest BCUT2D eigenvalue weighted by molar-refractivity contribution is -0.123. The molecule has 0 aliphatic carbocycles. The minimum Gasteiger partial charge on any atom is -0.483 e. The zero-order valence-corrected chi connectivity index (χ0v) is 18.7. The Hall–Kier alpha value is -4.19.